The number of aryl methyl sites for hydroxylation is 2. The van der Waals surface area contributed by atoms with Gasteiger partial charge < -0.3 is 11.5 Å². The van der Waals surface area contributed by atoms with Gasteiger partial charge in [-0.05, 0) is 30.3 Å². The van der Waals surface area contributed by atoms with Crippen molar-refractivity contribution in [2.75, 3.05) is 11.5 Å². The fourth-order valence-electron chi connectivity index (χ4n) is 3.62. The van der Waals surface area contributed by atoms with Gasteiger partial charge in [-0.25, -0.2) is 15.0 Å². The minimum absolute atomic E-state index is 0.425. The van der Waals surface area contributed by atoms with Crippen molar-refractivity contribution in [1.29, 1.82) is 0 Å². The number of aromatic nitrogens is 8. The first kappa shape index (κ1) is 23.5. The molecule has 6 aromatic rings. The number of anilines is 2. The molecule has 0 aromatic carbocycles. The Kier molecular flexibility index (Phi) is 6.13. The van der Waals surface area contributed by atoms with Gasteiger partial charge in [0.15, 0.2) is 0 Å². The summed E-state index contributed by atoms with van der Waals surface area (Å²) in [5.41, 5.74) is 17.5. The standard InChI is InChI=1S/2C12H10ClN5/c1-18-6-7(5-15-18)8-4-10-9(17-12(8)13)2-3-11(14)16-10;1-18-6-7(4-16-18)8-5-15-9-2-3-10(14)17-12(9)11(8)13/h2-6H,1H3,(H2,14,16);2-6H,1H3,(H2,14,17). The highest BCUT2D eigenvalue weighted by Gasteiger charge is 2.12. The lowest BCUT2D eigenvalue weighted by Gasteiger charge is -2.05. The zero-order valence-corrected chi connectivity index (χ0v) is 20.8. The largest absolute Gasteiger partial charge is 0.384 e. The number of rotatable bonds is 2. The second kappa shape index (κ2) is 9.40. The van der Waals surface area contributed by atoms with Crippen molar-refractivity contribution < 1.29 is 0 Å². The molecule has 0 fully saturated rings. The van der Waals surface area contributed by atoms with Crippen LogP contribution in [0, 0.1) is 0 Å². The summed E-state index contributed by atoms with van der Waals surface area (Å²) in [6.45, 7) is 0. The topological polar surface area (TPSA) is 139 Å². The lowest BCUT2D eigenvalue weighted by molar-refractivity contribution is 0.768. The van der Waals surface area contributed by atoms with Crippen LogP contribution in [0.4, 0.5) is 11.6 Å². The molecule has 0 unspecified atom stereocenters. The van der Waals surface area contributed by atoms with E-state index in [2.05, 4.69) is 30.1 Å². The molecule has 0 atom stereocenters. The first-order chi connectivity index (χ1) is 17.3. The van der Waals surface area contributed by atoms with E-state index in [0.717, 1.165) is 38.8 Å². The van der Waals surface area contributed by atoms with Gasteiger partial charge in [0.25, 0.3) is 0 Å². The van der Waals surface area contributed by atoms with E-state index in [9.17, 15) is 0 Å². The average Bonchev–Trinajstić information content (AvgIpc) is 3.48. The minimum Gasteiger partial charge on any atom is -0.384 e. The van der Waals surface area contributed by atoms with E-state index in [0.29, 0.717) is 27.3 Å². The quantitative estimate of drug-likeness (QED) is 0.318. The van der Waals surface area contributed by atoms with Crippen LogP contribution in [0.3, 0.4) is 0 Å². The maximum atomic E-state index is 6.36. The van der Waals surface area contributed by atoms with E-state index >= 15 is 0 Å². The minimum atomic E-state index is 0.425. The van der Waals surface area contributed by atoms with Crippen molar-refractivity contribution in [1.82, 2.24) is 39.5 Å². The summed E-state index contributed by atoms with van der Waals surface area (Å²) in [4.78, 5) is 17.1. The molecule has 0 aliphatic rings. The molecule has 10 nitrogen and oxygen atoms in total. The fraction of sp³-hybridized carbons (Fsp3) is 0.0833. The van der Waals surface area contributed by atoms with Crippen LogP contribution in [0.5, 0.6) is 0 Å². The summed E-state index contributed by atoms with van der Waals surface area (Å²) in [5, 5.41) is 9.21. The van der Waals surface area contributed by atoms with Gasteiger partial charge in [0.2, 0.25) is 0 Å². The van der Waals surface area contributed by atoms with E-state index in [-0.39, 0.29) is 0 Å². The second-order valence-electron chi connectivity index (χ2n) is 8.00. The van der Waals surface area contributed by atoms with E-state index in [1.54, 1.807) is 52.2 Å². The summed E-state index contributed by atoms with van der Waals surface area (Å²) >= 11 is 12.5. The maximum absolute atomic E-state index is 6.36. The Morgan fingerprint density at radius 3 is 1.94 bits per heavy atom. The number of hydrogen-bond donors (Lipinski definition) is 2. The molecule has 0 saturated heterocycles. The molecule has 0 bridgehead atoms. The number of halogens is 2. The lowest BCUT2D eigenvalue weighted by Crippen LogP contribution is -1.93. The van der Waals surface area contributed by atoms with Crippen molar-refractivity contribution in [3.63, 3.8) is 0 Å². The van der Waals surface area contributed by atoms with E-state index < -0.39 is 0 Å². The zero-order valence-electron chi connectivity index (χ0n) is 19.3. The Morgan fingerprint density at radius 2 is 1.31 bits per heavy atom. The third-order valence-electron chi connectivity index (χ3n) is 5.35. The first-order valence-electron chi connectivity index (χ1n) is 10.7. The van der Waals surface area contributed by atoms with E-state index in [1.807, 2.05) is 32.6 Å². The summed E-state index contributed by atoms with van der Waals surface area (Å²) in [7, 11) is 3.70. The van der Waals surface area contributed by atoms with Crippen molar-refractivity contribution in [2.24, 2.45) is 14.1 Å². The number of nitrogen functional groups attached to an aromatic ring is 2. The van der Waals surface area contributed by atoms with Gasteiger partial charge >= 0.3 is 0 Å². The fourth-order valence-corrected chi connectivity index (χ4v) is 4.17. The van der Waals surface area contributed by atoms with Crippen LogP contribution in [0.1, 0.15) is 0 Å². The van der Waals surface area contributed by atoms with Gasteiger partial charge in [-0.15, -0.1) is 0 Å². The van der Waals surface area contributed by atoms with Gasteiger partial charge in [-0.2, -0.15) is 10.2 Å². The van der Waals surface area contributed by atoms with Gasteiger partial charge in [0, 0.05) is 54.9 Å². The van der Waals surface area contributed by atoms with Gasteiger partial charge in [-0.3, -0.25) is 14.3 Å². The van der Waals surface area contributed by atoms with Gasteiger partial charge in [-0.1, -0.05) is 23.2 Å². The highest BCUT2D eigenvalue weighted by Crippen LogP contribution is 2.32. The highest BCUT2D eigenvalue weighted by molar-refractivity contribution is 6.37. The van der Waals surface area contributed by atoms with Crippen molar-refractivity contribution in [2.45, 2.75) is 0 Å². The predicted octanol–water partition coefficient (Wildman–Crippen LogP) is 4.53. The smallest absolute Gasteiger partial charge is 0.137 e. The molecule has 0 amide bonds. The molecule has 6 rings (SSSR count). The van der Waals surface area contributed by atoms with Crippen LogP contribution >= 0.6 is 23.2 Å². The first-order valence-corrected chi connectivity index (χ1v) is 11.5. The molecule has 180 valence electrons. The van der Waals surface area contributed by atoms with Crippen LogP contribution in [0.25, 0.3) is 44.3 Å². The number of pyridine rings is 4. The van der Waals surface area contributed by atoms with Crippen molar-refractivity contribution in [3.05, 3.63) is 71.5 Å². The molecular weight excluding hydrogens is 499 g/mol. The lowest BCUT2D eigenvalue weighted by atomic mass is 10.1. The zero-order chi connectivity index (χ0) is 25.4. The molecule has 4 N–H and O–H groups in total. The number of nitrogens with zero attached hydrogens (tertiary/aromatic N) is 8. The number of fused-ring (bicyclic) bond motifs is 2. The molecular formula is C24H20Cl2N10. The normalized spacial score (nSPS) is 11.0. The van der Waals surface area contributed by atoms with Crippen molar-refractivity contribution in [3.8, 4) is 22.3 Å². The predicted molar refractivity (Wildman–Crippen MR) is 142 cm³/mol. The van der Waals surface area contributed by atoms with Crippen LogP contribution in [-0.2, 0) is 14.1 Å². The summed E-state index contributed by atoms with van der Waals surface area (Å²) in [6, 6.07) is 8.88. The molecule has 6 heterocycles. The van der Waals surface area contributed by atoms with Gasteiger partial charge in [0.1, 0.15) is 22.3 Å². The highest BCUT2D eigenvalue weighted by atomic mass is 35.5. The van der Waals surface area contributed by atoms with E-state index in [1.165, 1.54) is 0 Å². The van der Waals surface area contributed by atoms with Crippen LogP contribution in [-0.4, -0.2) is 39.5 Å². The third-order valence-corrected chi connectivity index (χ3v) is 6.02. The Labute approximate surface area is 215 Å². The summed E-state index contributed by atoms with van der Waals surface area (Å²) < 4.78 is 3.42. The number of hydrogen-bond acceptors (Lipinski definition) is 8. The second-order valence-corrected chi connectivity index (χ2v) is 8.73. The van der Waals surface area contributed by atoms with Crippen LogP contribution in [0.2, 0.25) is 10.2 Å². The molecule has 0 aliphatic heterocycles. The molecule has 6 aromatic heterocycles. The number of nitrogens with two attached hydrogens (primary N) is 2. The van der Waals surface area contributed by atoms with E-state index in [4.69, 9.17) is 34.7 Å². The summed E-state index contributed by atoms with van der Waals surface area (Å²) in [6.07, 6.45) is 8.95. The Hall–Kier alpha value is -4.28. The Bertz CT molecular complexity index is 1680. The maximum Gasteiger partial charge on any atom is 0.137 e. The molecule has 36 heavy (non-hydrogen) atoms. The SMILES string of the molecule is Cn1cc(-c2cc3nc(N)ccc3nc2Cl)cn1.Cn1cc(-c2cnc3ccc(N)nc3c2Cl)cn1. The van der Waals surface area contributed by atoms with Crippen LogP contribution in [0.15, 0.2) is 61.3 Å². The Morgan fingerprint density at radius 1 is 0.694 bits per heavy atom. The average molecular weight is 519 g/mol. The van der Waals surface area contributed by atoms with Gasteiger partial charge in [0.05, 0.1) is 34.0 Å². The monoisotopic (exact) mass is 518 g/mol. The molecule has 0 radical (unpaired) electrons. The van der Waals surface area contributed by atoms with Crippen molar-refractivity contribution >= 4 is 56.9 Å². The molecule has 0 saturated carbocycles. The third kappa shape index (κ3) is 4.64. The summed E-state index contributed by atoms with van der Waals surface area (Å²) in [5.74, 6) is 0.887. The van der Waals surface area contributed by atoms with Crippen LogP contribution < -0.4 is 11.5 Å². The molecule has 12 heteroatoms. The molecule has 0 spiro atoms. The molecule has 0 aliphatic carbocycles. The Balaban J connectivity index is 0.000000148.